The van der Waals surface area contributed by atoms with Crippen LogP contribution in [0.15, 0.2) is 18.2 Å². The van der Waals surface area contributed by atoms with Gasteiger partial charge in [0, 0.05) is 38.8 Å². The number of hydrogen-bond donors (Lipinski definition) is 0. The van der Waals surface area contributed by atoms with Gasteiger partial charge in [-0.25, -0.2) is 0 Å². The summed E-state index contributed by atoms with van der Waals surface area (Å²) < 4.78 is 0. The Kier molecular flexibility index (Phi) is 5.40. The molecule has 1 aromatic carbocycles. The van der Waals surface area contributed by atoms with Crippen molar-refractivity contribution >= 4 is 11.4 Å². The minimum Gasteiger partial charge on any atom is -0.363 e. The molecule has 22 heavy (non-hydrogen) atoms. The summed E-state index contributed by atoms with van der Waals surface area (Å²) in [5.74, 6) is 1.03. The molecule has 5 nitrogen and oxygen atoms in total. The first kappa shape index (κ1) is 16.7. The van der Waals surface area contributed by atoms with E-state index in [4.69, 9.17) is 0 Å². The fraction of sp³-hybridized carbons (Fsp3) is 0.647. The van der Waals surface area contributed by atoms with Crippen LogP contribution in [0.5, 0.6) is 0 Å². The molecule has 5 heteroatoms. The summed E-state index contributed by atoms with van der Waals surface area (Å²) in [6.45, 7) is 13.4. The van der Waals surface area contributed by atoms with Crippen molar-refractivity contribution in [2.75, 3.05) is 37.6 Å². The van der Waals surface area contributed by atoms with Crippen molar-refractivity contribution in [3.8, 4) is 0 Å². The van der Waals surface area contributed by atoms with Crippen LogP contribution in [0.2, 0.25) is 0 Å². The Morgan fingerprint density at radius 1 is 1.14 bits per heavy atom. The highest BCUT2D eigenvalue weighted by Crippen LogP contribution is 2.32. The minimum atomic E-state index is -0.264. The number of benzene rings is 1. The van der Waals surface area contributed by atoms with Crippen molar-refractivity contribution in [2.45, 2.75) is 33.6 Å². The molecule has 1 heterocycles. The van der Waals surface area contributed by atoms with E-state index in [1.165, 1.54) is 0 Å². The van der Waals surface area contributed by atoms with Gasteiger partial charge in [0.25, 0.3) is 5.69 Å². The summed E-state index contributed by atoms with van der Waals surface area (Å²) in [6, 6.07) is 5.54. The van der Waals surface area contributed by atoms with Crippen LogP contribution in [0.1, 0.15) is 39.2 Å². The monoisotopic (exact) mass is 305 g/mol. The second-order valence-electron chi connectivity index (χ2n) is 6.84. The van der Waals surface area contributed by atoms with Gasteiger partial charge >= 0.3 is 0 Å². The zero-order valence-corrected chi connectivity index (χ0v) is 14.1. The Balaban J connectivity index is 2.17. The molecule has 0 aromatic heterocycles. The van der Waals surface area contributed by atoms with Gasteiger partial charge in [-0.15, -0.1) is 0 Å². The number of piperazine rings is 1. The number of hydrogen-bond acceptors (Lipinski definition) is 4. The molecule has 122 valence electrons. The van der Waals surface area contributed by atoms with E-state index in [0.29, 0.717) is 11.8 Å². The summed E-state index contributed by atoms with van der Waals surface area (Å²) in [7, 11) is 0. The summed E-state index contributed by atoms with van der Waals surface area (Å²) in [5, 5.41) is 11.3. The molecule has 0 radical (unpaired) electrons. The van der Waals surface area contributed by atoms with Crippen LogP contribution >= 0.6 is 0 Å². The second-order valence-corrected chi connectivity index (χ2v) is 6.84. The highest BCUT2D eigenvalue weighted by Gasteiger charge is 2.24. The fourth-order valence-corrected chi connectivity index (χ4v) is 2.99. The van der Waals surface area contributed by atoms with E-state index in [-0.39, 0.29) is 10.6 Å². The van der Waals surface area contributed by atoms with E-state index in [0.717, 1.165) is 44.0 Å². The summed E-state index contributed by atoms with van der Waals surface area (Å²) >= 11 is 0. The molecule has 1 aliphatic rings. The Morgan fingerprint density at radius 2 is 1.77 bits per heavy atom. The van der Waals surface area contributed by atoms with Crippen molar-refractivity contribution in [1.29, 1.82) is 0 Å². The van der Waals surface area contributed by atoms with Crippen LogP contribution in [0.3, 0.4) is 0 Å². The van der Waals surface area contributed by atoms with E-state index < -0.39 is 0 Å². The van der Waals surface area contributed by atoms with Crippen molar-refractivity contribution in [3.05, 3.63) is 33.9 Å². The largest absolute Gasteiger partial charge is 0.363 e. The minimum absolute atomic E-state index is 0.224. The first-order chi connectivity index (χ1) is 10.4. The Hall–Kier alpha value is -1.62. The maximum Gasteiger partial charge on any atom is 0.292 e. The topological polar surface area (TPSA) is 49.6 Å². The summed E-state index contributed by atoms with van der Waals surface area (Å²) in [4.78, 5) is 15.7. The van der Waals surface area contributed by atoms with Gasteiger partial charge in [0.05, 0.1) is 4.92 Å². The molecule has 0 amide bonds. The van der Waals surface area contributed by atoms with Crippen molar-refractivity contribution in [1.82, 2.24) is 4.90 Å². The molecule has 2 rings (SSSR count). The lowest BCUT2D eigenvalue weighted by atomic mass is 10.0. The van der Waals surface area contributed by atoms with E-state index in [2.05, 4.69) is 37.5 Å². The molecular weight excluding hydrogens is 278 g/mol. The van der Waals surface area contributed by atoms with Crippen LogP contribution in [0.25, 0.3) is 0 Å². The molecule has 0 aliphatic carbocycles. The standard InChI is InChI=1S/C17H27N3O2/c1-13(2)12-18-7-9-19(10-8-18)17-11-15(14(3)4)5-6-16(17)20(21)22/h5-6,11,13-14H,7-10,12H2,1-4H3. The van der Waals surface area contributed by atoms with Gasteiger partial charge in [-0.2, -0.15) is 0 Å². The molecular formula is C17H27N3O2. The lowest BCUT2D eigenvalue weighted by molar-refractivity contribution is -0.384. The Morgan fingerprint density at radius 3 is 2.27 bits per heavy atom. The molecule has 1 aliphatic heterocycles. The van der Waals surface area contributed by atoms with Crippen molar-refractivity contribution in [2.24, 2.45) is 5.92 Å². The van der Waals surface area contributed by atoms with Crippen molar-refractivity contribution in [3.63, 3.8) is 0 Å². The number of nitro groups is 1. The first-order valence-electron chi connectivity index (χ1n) is 8.14. The number of anilines is 1. The molecule has 0 spiro atoms. The Bertz CT molecular complexity index is 521. The van der Waals surface area contributed by atoms with Crippen LogP contribution in [-0.2, 0) is 0 Å². The quantitative estimate of drug-likeness (QED) is 0.617. The number of nitrogens with zero attached hydrogens (tertiary/aromatic N) is 3. The van der Waals surface area contributed by atoms with E-state index >= 15 is 0 Å². The third-order valence-electron chi connectivity index (χ3n) is 4.20. The average Bonchev–Trinajstić information content (AvgIpc) is 2.46. The SMILES string of the molecule is CC(C)CN1CCN(c2cc(C(C)C)ccc2[N+](=O)[O-])CC1. The van der Waals surface area contributed by atoms with Gasteiger partial charge in [0.2, 0.25) is 0 Å². The highest BCUT2D eigenvalue weighted by atomic mass is 16.6. The maximum absolute atomic E-state index is 11.3. The van der Waals surface area contributed by atoms with Gasteiger partial charge < -0.3 is 4.90 Å². The molecule has 0 atom stereocenters. The molecule has 1 fully saturated rings. The third-order valence-corrected chi connectivity index (χ3v) is 4.20. The molecule has 1 saturated heterocycles. The van der Waals surface area contributed by atoms with E-state index in [1.54, 1.807) is 6.07 Å². The van der Waals surface area contributed by atoms with E-state index in [9.17, 15) is 10.1 Å². The average molecular weight is 305 g/mol. The number of rotatable bonds is 5. The van der Waals surface area contributed by atoms with Crippen LogP contribution in [-0.4, -0.2) is 42.5 Å². The van der Waals surface area contributed by atoms with Crippen LogP contribution in [0.4, 0.5) is 11.4 Å². The normalized spacial score (nSPS) is 16.5. The van der Waals surface area contributed by atoms with Crippen molar-refractivity contribution < 1.29 is 4.92 Å². The maximum atomic E-state index is 11.3. The van der Waals surface area contributed by atoms with Gasteiger partial charge in [-0.1, -0.05) is 33.8 Å². The van der Waals surface area contributed by atoms with Gasteiger partial charge in [0.1, 0.15) is 5.69 Å². The lowest BCUT2D eigenvalue weighted by Crippen LogP contribution is -2.47. The predicted molar refractivity (Wildman–Crippen MR) is 90.7 cm³/mol. The van der Waals surface area contributed by atoms with Gasteiger partial charge in [-0.3, -0.25) is 15.0 Å². The molecule has 0 bridgehead atoms. The zero-order valence-electron chi connectivity index (χ0n) is 14.1. The van der Waals surface area contributed by atoms with Gasteiger partial charge in [-0.05, 0) is 23.5 Å². The fourth-order valence-electron chi connectivity index (χ4n) is 2.99. The lowest BCUT2D eigenvalue weighted by Gasteiger charge is -2.36. The number of nitro benzene ring substituents is 1. The van der Waals surface area contributed by atoms with Gasteiger partial charge in [0.15, 0.2) is 0 Å². The Labute approximate surface area is 133 Å². The third kappa shape index (κ3) is 3.97. The highest BCUT2D eigenvalue weighted by molar-refractivity contribution is 5.65. The van der Waals surface area contributed by atoms with Crippen LogP contribution < -0.4 is 4.90 Å². The molecule has 1 aromatic rings. The summed E-state index contributed by atoms with van der Waals surface area (Å²) in [6.07, 6.45) is 0. The smallest absolute Gasteiger partial charge is 0.292 e. The first-order valence-corrected chi connectivity index (χ1v) is 8.14. The molecule has 0 N–H and O–H groups in total. The zero-order chi connectivity index (χ0) is 16.3. The van der Waals surface area contributed by atoms with Crippen LogP contribution in [0, 0.1) is 16.0 Å². The van der Waals surface area contributed by atoms with E-state index in [1.807, 2.05) is 12.1 Å². The predicted octanol–water partition coefficient (Wildman–Crippen LogP) is 3.50. The molecule has 0 unspecified atom stereocenters. The molecule has 0 saturated carbocycles. The second kappa shape index (κ2) is 7.09. The summed E-state index contributed by atoms with van der Waals surface area (Å²) in [5.41, 5.74) is 2.16.